The molecule has 5 atom stereocenters. The summed E-state index contributed by atoms with van der Waals surface area (Å²) in [6.07, 6.45) is 9.85. The number of piperidine rings is 1. The summed E-state index contributed by atoms with van der Waals surface area (Å²) in [6, 6.07) is 7.26. The van der Waals surface area contributed by atoms with Gasteiger partial charge < -0.3 is 24.4 Å². The molecule has 3 saturated heterocycles. The molecule has 3 heterocycles. The van der Waals surface area contributed by atoms with Crippen molar-refractivity contribution >= 4 is 17.8 Å². The van der Waals surface area contributed by atoms with Crippen molar-refractivity contribution in [3.63, 3.8) is 0 Å². The number of aliphatic hydroxyl groups is 1. The highest BCUT2D eigenvalue weighted by Crippen LogP contribution is 2.63. The number of rotatable bonds is 7. The third kappa shape index (κ3) is 5.01. The van der Waals surface area contributed by atoms with Crippen LogP contribution in [0.25, 0.3) is 0 Å². The predicted molar refractivity (Wildman–Crippen MR) is 150 cm³/mol. The minimum atomic E-state index is -0.914. The third-order valence-electron chi connectivity index (χ3n) is 10.3. The lowest BCUT2D eigenvalue weighted by molar-refractivity contribution is -0.180. The zero-order valence-corrected chi connectivity index (χ0v) is 24.2. The topological polar surface area (TPSA) is 96.4 Å². The van der Waals surface area contributed by atoms with E-state index in [1.165, 1.54) is 6.42 Å². The highest BCUT2D eigenvalue weighted by Gasteiger charge is 2.73. The zero-order valence-electron chi connectivity index (χ0n) is 24.2. The highest BCUT2D eigenvalue weighted by molar-refractivity contribution is 5.87. The highest BCUT2D eigenvalue weighted by atomic mass is 16.5. The molecule has 1 saturated carbocycles. The Balaban J connectivity index is 1.64. The molecule has 1 aromatic carbocycles. The van der Waals surface area contributed by atoms with Crippen LogP contribution in [0.1, 0.15) is 89.5 Å². The molecule has 5 rings (SSSR count). The Hall–Kier alpha value is -2.61. The van der Waals surface area contributed by atoms with Gasteiger partial charge in [0.05, 0.1) is 38.3 Å². The van der Waals surface area contributed by atoms with Crippen molar-refractivity contribution in [3.8, 4) is 5.75 Å². The van der Waals surface area contributed by atoms with Crippen molar-refractivity contribution in [3.05, 3.63) is 29.8 Å². The number of hydrogen-bond donors (Lipinski definition) is 1. The number of amides is 2. The molecule has 4 bridgehead atoms. The molecule has 0 aromatic heterocycles. The van der Waals surface area contributed by atoms with Gasteiger partial charge in [0.2, 0.25) is 11.8 Å². The average molecular weight is 555 g/mol. The first-order chi connectivity index (χ1) is 19.4. The van der Waals surface area contributed by atoms with Crippen LogP contribution < -0.4 is 4.74 Å². The van der Waals surface area contributed by atoms with E-state index in [0.717, 1.165) is 56.3 Å². The van der Waals surface area contributed by atoms with Gasteiger partial charge in [0.15, 0.2) is 0 Å². The summed E-state index contributed by atoms with van der Waals surface area (Å²) in [7, 11) is 1.62. The monoisotopic (exact) mass is 554 g/mol. The van der Waals surface area contributed by atoms with E-state index >= 15 is 0 Å². The Morgan fingerprint density at radius 3 is 2.42 bits per heavy atom. The number of esters is 1. The third-order valence-corrected chi connectivity index (χ3v) is 10.3. The summed E-state index contributed by atoms with van der Waals surface area (Å²) >= 11 is 0. The maximum absolute atomic E-state index is 14.4. The fraction of sp³-hybridized carbons (Fsp3) is 0.719. The van der Waals surface area contributed by atoms with Gasteiger partial charge in [-0.25, -0.2) is 0 Å². The van der Waals surface area contributed by atoms with E-state index in [2.05, 4.69) is 0 Å². The smallest absolute Gasteiger partial charge is 0.308 e. The normalized spacial score (nSPS) is 32.6. The van der Waals surface area contributed by atoms with Crippen LogP contribution in [0.5, 0.6) is 5.75 Å². The lowest BCUT2D eigenvalue weighted by Crippen LogP contribution is -2.75. The van der Waals surface area contributed by atoms with Crippen molar-refractivity contribution in [2.24, 2.45) is 17.3 Å². The Morgan fingerprint density at radius 2 is 1.75 bits per heavy atom. The number of nitrogens with zero attached hydrogens (tertiary/aromatic N) is 2. The SMILES string of the molecule is CCOC(=O)CC12C3CCN4C(=O)CCCCCCCCCC(CO)(CC3C(=O)N1Cc1ccc(OC)cc1)C42. The van der Waals surface area contributed by atoms with Crippen molar-refractivity contribution in [2.75, 3.05) is 26.9 Å². The van der Waals surface area contributed by atoms with E-state index in [4.69, 9.17) is 9.47 Å². The fourth-order valence-corrected chi connectivity index (χ4v) is 8.67. The molecule has 1 aliphatic carbocycles. The van der Waals surface area contributed by atoms with Gasteiger partial charge in [-0.15, -0.1) is 0 Å². The second-order valence-electron chi connectivity index (χ2n) is 12.4. The summed E-state index contributed by atoms with van der Waals surface area (Å²) in [5.41, 5.74) is -0.605. The first-order valence-electron chi connectivity index (χ1n) is 15.4. The number of carbonyl (C=O) groups excluding carboxylic acids is 3. The van der Waals surface area contributed by atoms with Crippen molar-refractivity contribution in [1.29, 1.82) is 0 Å². The summed E-state index contributed by atoms with van der Waals surface area (Å²) in [5.74, 6) is 0.191. The molecule has 0 spiro atoms. The van der Waals surface area contributed by atoms with E-state index in [1.807, 2.05) is 34.1 Å². The summed E-state index contributed by atoms with van der Waals surface area (Å²) < 4.78 is 10.9. The molecule has 5 unspecified atom stereocenters. The van der Waals surface area contributed by atoms with E-state index in [1.54, 1.807) is 14.0 Å². The van der Waals surface area contributed by atoms with Gasteiger partial charge in [-0.2, -0.15) is 0 Å². The Kier molecular flexibility index (Phi) is 8.74. The van der Waals surface area contributed by atoms with E-state index in [0.29, 0.717) is 32.4 Å². The molecular formula is C32H46N2O6. The van der Waals surface area contributed by atoms with Crippen LogP contribution in [0, 0.1) is 17.3 Å². The van der Waals surface area contributed by atoms with Gasteiger partial charge in [0, 0.05) is 30.8 Å². The molecule has 1 aromatic rings. The molecule has 0 radical (unpaired) electrons. The molecule has 220 valence electrons. The van der Waals surface area contributed by atoms with Gasteiger partial charge in [-0.3, -0.25) is 14.4 Å². The van der Waals surface area contributed by atoms with Crippen molar-refractivity contribution in [1.82, 2.24) is 9.80 Å². The summed E-state index contributed by atoms with van der Waals surface area (Å²) in [6.45, 7) is 2.87. The Labute approximate surface area is 238 Å². The molecule has 40 heavy (non-hydrogen) atoms. The largest absolute Gasteiger partial charge is 0.497 e. The van der Waals surface area contributed by atoms with Gasteiger partial charge in [-0.05, 0) is 56.2 Å². The predicted octanol–water partition coefficient (Wildman–Crippen LogP) is 4.47. The van der Waals surface area contributed by atoms with E-state index in [9.17, 15) is 19.5 Å². The molecule has 4 fully saturated rings. The number of hydrogen-bond acceptors (Lipinski definition) is 6. The lowest BCUT2D eigenvalue weighted by Gasteiger charge is -2.63. The molecule has 8 nitrogen and oxygen atoms in total. The van der Waals surface area contributed by atoms with Gasteiger partial charge in [0.25, 0.3) is 0 Å². The van der Waals surface area contributed by atoms with Crippen LogP contribution in [0.3, 0.4) is 0 Å². The number of benzene rings is 1. The van der Waals surface area contributed by atoms with Crippen molar-refractivity contribution in [2.45, 2.75) is 102 Å². The molecule has 1 N–H and O–H groups in total. The molecule has 3 aliphatic heterocycles. The molecule has 8 heteroatoms. The second kappa shape index (κ2) is 12.1. The van der Waals surface area contributed by atoms with Gasteiger partial charge >= 0.3 is 5.97 Å². The number of methoxy groups -OCH3 is 1. The number of carbonyl (C=O) groups is 3. The maximum atomic E-state index is 14.4. The van der Waals surface area contributed by atoms with Crippen LogP contribution in [0.2, 0.25) is 0 Å². The lowest BCUT2D eigenvalue weighted by atomic mass is 9.51. The number of aliphatic hydroxyl groups excluding tert-OH is 1. The van der Waals surface area contributed by atoms with E-state index in [-0.39, 0.29) is 49.3 Å². The van der Waals surface area contributed by atoms with Crippen LogP contribution in [0.15, 0.2) is 24.3 Å². The standard InChI is InChI=1S/C32H46N2O6/c1-3-40-28(37)20-32-26-16-18-33-27(36)11-9-7-5-4-6-8-10-17-31(22-35,30(32)33)19-25(26)29(38)34(32)21-23-12-14-24(39-2)15-13-23/h12-15,25-26,30,35H,3-11,16-22H2,1-2H3. The van der Waals surface area contributed by atoms with Crippen LogP contribution in [-0.4, -0.2) is 71.1 Å². The first-order valence-corrected chi connectivity index (χ1v) is 15.4. The zero-order chi connectivity index (χ0) is 28.3. The average Bonchev–Trinajstić information content (AvgIpc) is 3.12. The minimum absolute atomic E-state index is 0.0418. The Morgan fingerprint density at radius 1 is 1.05 bits per heavy atom. The molecule has 4 aliphatic rings. The fourth-order valence-electron chi connectivity index (χ4n) is 8.67. The number of ether oxygens (including phenoxy) is 2. The molecule has 2 amide bonds. The molecular weight excluding hydrogens is 508 g/mol. The van der Waals surface area contributed by atoms with Crippen molar-refractivity contribution < 1.29 is 29.0 Å². The number of likely N-dealkylation sites (tertiary alicyclic amines) is 1. The van der Waals surface area contributed by atoms with Crippen LogP contribution in [-0.2, 0) is 25.7 Å². The minimum Gasteiger partial charge on any atom is -0.497 e. The summed E-state index contributed by atoms with van der Waals surface area (Å²) in [4.78, 5) is 45.6. The van der Waals surface area contributed by atoms with Gasteiger partial charge in [0.1, 0.15) is 5.75 Å². The first kappa shape index (κ1) is 28.9. The van der Waals surface area contributed by atoms with Gasteiger partial charge in [-0.1, -0.05) is 50.7 Å². The quantitative estimate of drug-likeness (QED) is 0.500. The Bertz CT molecular complexity index is 1080. The second-order valence-corrected chi connectivity index (χ2v) is 12.4. The maximum Gasteiger partial charge on any atom is 0.308 e. The summed E-state index contributed by atoms with van der Waals surface area (Å²) in [5, 5.41) is 11.2. The van der Waals surface area contributed by atoms with E-state index < -0.39 is 17.0 Å². The van der Waals surface area contributed by atoms with Crippen LogP contribution >= 0.6 is 0 Å². The van der Waals surface area contributed by atoms with Crippen LogP contribution in [0.4, 0.5) is 0 Å².